The van der Waals surface area contributed by atoms with Crippen LogP contribution in [0.4, 0.5) is 0 Å². The van der Waals surface area contributed by atoms with Gasteiger partial charge in [0.15, 0.2) is 0 Å². The Kier molecular flexibility index (Phi) is 2.76. The third-order valence-corrected chi connectivity index (χ3v) is 3.75. The maximum absolute atomic E-state index is 11.9. The van der Waals surface area contributed by atoms with Crippen LogP contribution >= 0.6 is 11.6 Å². The number of pyridine rings is 1. The summed E-state index contributed by atoms with van der Waals surface area (Å²) in [5.74, 6) is 0.390. The Hall–Kier alpha value is -1.13. The van der Waals surface area contributed by atoms with Crippen LogP contribution in [0.5, 0.6) is 0 Å². The first-order valence-electron chi connectivity index (χ1n) is 5.77. The number of carbonyl (C=O) groups excluding carboxylic acids is 1. The Morgan fingerprint density at radius 3 is 3.18 bits per heavy atom. The third-order valence-electron chi connectivity index (χ3n) is 3.55. The number of carbonyl (C=O) groups is 1. The highest BCUT2D eigenvalue weighted by Crippen LogP contribution is 2.38. The predicted molar refractivity (Wildman–Crippen MR) is 63.0 cm³/mol. The molecule has 0 radical (unpaired) electrons. The van der Waals surface area contributed by atoms with Crippen molar-refractivity contribution in [2.75, 3.05) is 6.61 Å². The van der Waals surface area contributed by atoms with Crippen molar-refractivity contribution in [3.8, 4) is 0 Å². The summed E-state index contributed by atoms with van der Waals surface area (Å²) in [7, 11) is 0. The van der Waals surface area contributed by atoms with Crippen molar-refractivity contribution >= 4 is 17.5 Å². The number of hydrogen-bond acceptors (Lipinski definition) is 3. The molecule has 1 saturated carbocycles. The molecule has 0 bridgehead atoms. The molecule has 2 fully saturated rings. The van der Waals surface area contributed by atoms with E-state index in [1.165, 1.54) is 12.4 Å². The largest absolute Gasteiger partial charge is 0.378 e. The topological polar surface area (TPSA) is 51.2 Å². The highest BCUT2D eigenvalue weighted by atomic mass is 35.5. The minimum atomic E-state index is -0.102. The second-order valence-electron chi connectivity index (χ2n) is 4.57. The van der Waals surface area contributed by atoms with Gasteiger partial charge in [-0.05, 0) is 18.9 Å². The normalized spacial score (nSPS) is 30.5. The standard InChI is InChI=1S/C12H13ClN2O2/c13-8-3-7(5-14-6-8)12(16)15-10-4-11-9(10)1-2-17-11/h3,5-6,9-11H,1-2,4H2,(H,15,16)/t9-,10+,11+/m1/s1. The van der Waals surface area contributed by atoms with Gasteiger partial charge in [-0.1, -0.05) is 11.6 Å². The second-order valence-corrected chi connectivity index (χ2v) is 5.01. The number of ether oxygens (including phenoxy) is 1. The molecular formula is C12H13ClN2O2. The lowest BCUT2D eigenvalue weighted by atomic mass is 9.76. The first-order chi connectivity index (χ1) is 8.24. The molecule has 0 aromatic carbocycles. The van der Waals surface area contributed by atoms with E-state index in [4.69, 9.17) is 16.3 Å². The van der Waals surface area contributed by atoms with Crippen molar-refractivity contribution in [1.29, 1.82) is 0 Å². The first-order valence-corrected chi connectivity index (χ1v) is 6.15. The van der Waals surface area contributed by atoms with Gasteiger partial charge in [-0.25, -0.2) is 0 Å². The van der Waals surface area contributed by atoms with Gasteiger partial charge >= 0.3 is 0 Å². The first kappa shape index (κ1) is 11.0. The van der Waals surface area contributed by atoms with E-state index in [-0.39, 0.29) is 11.9 Å². The molecule has 1 N–H and O–H groups in total. The quantitative estimate of drug-likeness (QED) is 0.871. The molecule has 1 saturated heterocycles. The van der Waals surface area contributed by atoms with Crippen LogP contribution in [0.2, 0.25) is 5.02 Å². The second kappa shape index (κ2) is 4.27. The Morgan fingerprint density at radius 1 is 1.53 bits per heavy atom. The minimum Gasteiger partial charge on any atom is -0.378 e. The summed E-state index contributed by atoms with van der Waals surface area (Å²) in [6.07, 6.45) is 5.37. The Morgan fingerprint density at radius 2 is 2.41 bits per heavy atom. The SMILES string of the molecule is O=C(N[C@H]1C[C@@H]2OCC[C@H]12)c1cncc(Cl)c1. The summed E-state index contributed by atoms with van der Waals surface area (Å²) in [6.45, 7) is 0.820. The summed E-state index contributed by atoms with van der Waals surface area (Å²) >= 11 is 5.80. The molecule has 1 aromatic rings. The highest BCUT2D eigenvalue weighted by Gasteiger charge is 2.45. The third kappa shape index (κ3) is 2.03. The van der Waals surface area contributed by atoms with Crippen molar-refractivity contribution in [1.82, 2.24) is 10.3 Å². The van der Waals surface area contributed by atoms with Crippen molar-refractivity contribution in [3.63, 3.8) is 0 Å². The summed E-state index contributed by atoms with van der Waals surface area (Å²) < 4.78 is 5.50. The molecule has 4 nitrogen and oxygen atoms in total. The summed E-state index contributed by atoms with van der Waals surface area (Å²) in [4.78, 5) is 15.8. The molecule has 1 aliphatic heterocycles. The van der Waals surface area contributed by atoms with Gasteiger partial charge in [0.1, 0.15) is 0 Å². The summed E-state index contributed by atoms with van der Waals surface area (Å²) in [5, 5.41) is 3.49. The van der Waals surface area contributed by atoms with Crippen LogP contribution in [-0.4, -0.2) is 29.6 Å². The van der Waals surface area contributed by atoms with Crippen molar-refractivity contribution < 1.29 is 9.53 Å². The number of rotatable bonds is 2. The average molecular weight is 253 g/mol. The van der Waals surface area contributed by atoms with Gasteiger partial charge < -0.3 is 10.1 Å². The van der Waals surface area contributed by atoms with Crippen LogP contribution in [0.1, 0.15) is 23.2 Å². The van der Waals surface area contributed by atoms with E-state index in [0.29, 0.717) is 22.6 Å². The van der Waals surface area contributed by atoms with Crippen molar-refractivity contribution in [2.24, 2.45) is 5.92 Å². The van der Waals surface area contributed by atoms with Crippen molar-refractivity contribution in [3.05, 3.63) is 29.0 Å². The van der Waals surface area contributed by atoms with E-state index in [1.54, 1.807) is 6.07 Å². The van der Waals surface area contributed by atoms with E-state index in [0.717, 1.165) is 19.4 Å². The molecule has 2 aliphatic rings. The Balaban J connectivity index is 1.64. The predicted octanol–water partition coefficient (Wildman–Crippen LogP) is 1.64. The molecule has 3 atom stereocenters. The molecule has 2 heterocycles. The maximum Gasteiger partial charge on any atom is 0.253 e. The number of fused-ring (bicyclic) bond motifs is 1. The number of nitrogens with zero attached hydrogens (tertiary/aromatic N) is 1. The van der Waals surface area contributed by atoms with E-state index in [2.05, 4.69) is 10.3 Å². The van der Waals surface area contributed by atoms with Gasteiger partial charge in [0.05, 0.1) is 16.7 Å². The average Bonchev–Trinajstić information content (AvgIpc) is 2.67. The van der Waals surface area contributed by atoms with E-state index in [1.807, 2.05) is 0 Å². The summed E-state index contributed by atoms with van der Waals surface area (Å²) in [6, 6.07) is 1.87. The minimum absolute atomic E-state index is 0.102. The number of aromatic nitrogens is 1. The van der Waals surface area contributed by atoms with Crippen molar-refractivity contribution in [2.45, 2.75) is 25.0 Å². The molecule has 0 unspecified atom stereocenters. The molecule has 17 heavy (non-hydrogen) atoms. The molecule has 1 aliphatic carbocycles. The van der Waals surface area contributed by atoms with Gasteiger partial charge in [0, 0.05) is 31.0 Å². The zero-order valence-corrected chi connectivity index (χ0v) is 9.98. The lowest BCUT2D eigenvalue weighted by molar-refractivity contribution is 0.00809. The molecule has 90 valence electrons. The fraction of sp³-hybridized carbons (Fsp3) is 0.500. The molecule has 3 rings (SSSR count). The van der Waals surface area contributed by atoms with Gasteiger partial charge in [0.2, 0.25) is 0 Å². The van der Waals surface area contributed by atoms with Crippen LogP contribution < -0.4 is 5.32 Å². The van der Waals surface area contributed by atoms with Crippen LogP contribution in [0.25, 0.3) is 0 Å². The van der Waals surface area contributed by atoms with Gasteiger partial charge in [0.25, 0.3) is 5.91 Å². The molecular weight excluding hydrogens is 240 g/mol. The Bertz CT molecular complexity index is 452. The number of amides is 1. The highest BCUT2D eigenvalue weighted by molar-refractivity contribution is 6.30. The Labute approximate surface area is 104 Å². The molecule has 1 aromatic heterocycles. The maximum atomic E-state index is 11.9. The number of halogens is 1. The number of nitrogens with one attached hydrogen (secondary N) is 1. The fourth-order valence-electron chi connectivity index (χ4n) is 2.55. The van der Waals surface area contributed by atoms with E-state index < -0.39 is 0 Å². The van der Waals surface area contributed by atoms with Gasteiger partial charge in [-0.3, -0.25) is 9.78 Å². The van der Waals surface area contributed by atoms with Crippen LogP contribution in [-0.2, 0) is 4.74 Å². The van der Waals surface area contributed by atoms with Crippen LogP contribution in [0.15, 0.2) is 18.5 Å². The van der Waals surface area contributed by atoms with Crippen LogP contribution in [0, 0.1) is 5.92 Å². The lowest BCUT2D eigenvalue weighted by Gasteiger charge is -2.39. The van der Waals surface area contributed by atoms with E-state index in [9.17, 15) is 4.79 Å². The molecule has 1 amide bonds. The van der Waals surface area contributed by atoms with Gasteiger partial charge in [-0.15, -0.1) is 0 Å². The zero-order chi connectivity index (χ0) is 11.8. The van der Waals surface area contributed by atoms with Gasteiger partial charge in [-0.2, -0.15) is 0 Å². The smallest absolute Gasteiger partial charge is 0.253 e. The summed E-state index contributed by atoms with van der Waals surface area (Å²) in [5.41, 5.74) is 0.514. The van der Waals surface area contributed by atoms with E-state index >= 15 is 0 Å². The monoisotopic (exact) mass is 252 g/mol. The zero-order valence-electron chi connectivity index (χ0n) is 9.23. The molecule has 0 spiro atoms. The lowest BCUT2D eigenvalue weighted by Crippen LogP contribution is -2.53. The number of hydrogen-bond donors (Lipinski definition) is 1. The van der Waals surface area contributed by atoms with Crippen LogP contribution in [0.3, 0.4) is 0 Å². The molecule has 5 heteroatoms. The fourth-order valence-corrected chi connectivity index (χ4v) is 2.72.